The van der Waals surface area contributed by atoms with Gasteiger partial charge in [0.15, 0.2) is 0 Å². The molecule has 5 aromatic carbocycles. The standard InChI is InChI=1S/C53H48N4/c1-8-32(2)15-17-54-56-50-13-11-38(42-21-34(4)19-35(5)22-42)25-46(50)48-27-40-9-10-41-28-49-47-26-39(43-23-36(6)20-37(7)24-43)12-14-51(47)57(55-18-16-33(3)31-55)53(49)30-45(41)44(40)29-52(48)56/h8,12,14-31H,1,9-11,13H2,2-7H3/b32-15-,54-17-. The summed E-state index contributed by atoms with van der Waals surface area (Å²) in [6.07, 6.45) is 16.6. The summed E-state index contributed by atoms with van der Waals surface area (Å²) in [6.45, 7) is 17.0. The highest BCUT2D eigenvalue weighted by Gasteiger charge is 2.26. The van der Waals surface area contributed by atoms with E-state index < -0.39 is 0 Å². The van der Waals surface area contributed by atoms with Crippen LogP contribution in [0, 0.1) is 34.6 Å². The summed E-state index contributed by atoms with van der Waals surface area (Å²) < 4.78 is 6.87. The van der Waals surface area contributed by atoms with E-state index in [1.807, 2.05) is 18.4 Å². The van der Waals surface area contributed by atoms with Crippen LogP contribution < -0.4 is 0 Å². The molecule has 0 unspecified atom stereocenters. The fraction of sp³-hybridized carbons (Fsp3) is 0.189. The molecule has 57 heavy (non-hydrogen) atoms. The highest BCUT2D eigenvalue weighted by molar-refractivity contribution is 6.11. The summed E-state index contributed by atoms with van der Waals surface area (Å²) in [7, 11) is 0. The second-order valence-corrected chi connectivity index (χ2v) is 16.6. The maximum atomic E-state index is 5.14. The maximum Gasteiger partial charge on any atom is 0.0734 e. The Labute approximate surface area is 335 Å². The van der Waals surface area contributed by atoms with E-state index in [0.29, 0.717) is 0 Å². The first kappa shape index (κ1) is 35.1. The lowest BCUT2D eigenvalue weighted by Crippen LogP contribution is -2.08. The molecule has 2 aliphatic rings. The third kappa shape index (κ3) is 5.94. The van der Waals surface area contributed by atoms with Crippen molar-refractivity contribution < 1.29 is 0 Å². The average Bonchev–Trinajstić information content (AvgIpc) is 3.85. The summed E-state index contributed by atoms with van der Waals surface area (Å²) in [6, 6.07) is 32.8. The molecule has 0 fully saturated rings. The zero-order valence-electron chi connectivity index (χ0n) is 33.9. The van der Waals surface area contributed by atoms with Gasteiger partial charge in [0, 0.05) is 40.3 Å². The molecule has 3 aromatic heterocycles. The Bertz CT molecular complexity index is 3050. The van der Waals surface area contributed by atoms with E-state index in [-0.39, 0.29) is 0 Å². The molecule has 4 heteroatoms. The van der Waals surface area contributed by atoms with Gasteiger partial charge in [-0.2, -0.15) is 5.10 Å². The monoisotopic (exact) mass is 740 g/mol. The van der Waals surface area contributed by atoms with Gasteiger partial charge in [0.1, 0.15) is 0 Å². The van der Waals surface area contributed by atoms with Gasteiger partial charge >= 0.3 is 0 Å². The molecule has 0 aliphatic heterocycles. The Morgan fingerprint density at radius 3 is 1.93 bits per heavy atom. The second-order valence-electron chi connectivity index (χ2n) is 16.6. The fourth-order valence-electron chi connectivity index (χ4n) is 9.60. The molecule has 0 saturated carbocycles. The van der Waals surface area contributed by atoms with Crippen LogP contribution in [-0.2, 0) is 19.3 Å². The number of benzene rings is 5. The number of nitrogens with zero attached hydrogens (tertiary/aromatic N) is 4. The van der Waals surface area contributed by atoms with Crippen LogP contribution in [0.2, 0.25) is 0 Å². The molecule has 10 rings (SSSR count). The largest absolute Gasteiger partial charge is 0.263 e. The lowest BCUT2D eigenvalue weighted by Gasteiger charge is -2.21. The molecule has 0 atom stereocenters. The number of hydrogen-bond donors (Lipinski definition) is 0. The van der Waals surface area contributed by atoms with Gasteiger partial charge in [-0.15, -0.1) is 0 Å². The molecule has 8 aromatic rings. The molecule has 0 amide bonds. The lowest BCUT2D eigenvalue weighted by atomic mass is 9.83. The number of fused-ring (bicyclic) bond motifs is 9. The SMILES string of the molecule is C=C/C(C)=C\C=N/n1c2c(c3cc4c(cc31)-c1cc3c(cc1CC4)c1cc(-c4cc(C)cc(C)c4)ccc1n3-n1ccc(C)c1)C=C(c1cc(C)cc(C)c1)CC2. The van der Waals surface area contributed by atoms with Crippen molar-refractivity contribution in [2.45, 2.75) is 67.2 Å². The van der Waals surface area contributed by atoms with E-state index >= 15 is 0 Å². The number of aromatic nitrogens is 3. The summed E-state index contributed by atoms with van der Waals surface area (Å²) >= 11 is 0. The summed E-state index contributed by atoms with van der Waals surface area (Å²) in [5, 5.41) is 8.99. The summed E-state index contributed by atoms with van der Waals surface area (Å²) in [5.74, 6) is 0. The Kier molecular flexibility index (Phi) is 8.23. The van der Waals surface area contributed by atoms with Crippen molar-refractivity contribution in [1.29, 1.82) is 0 Å². The molecular weight excluding hydrogens is 693 g/mol. The van der Waals surface area contributed by atoms with Crippen molar-refractivity contribution >= 4 is 50.6 Å². The fourth-order valence-corrected chi connectivity index (χ4v) is 9.60. The van der Waals surface area contributed by atoms with E-state index in [4.69, 9.17) is 5.10 Å². The Hall–Kier alpha value is -6.39. The Morgan fingerprint density at radius 1 is 0.614 bits per heavy atom. The Balaban J connectivity index is 1.19. The van der Waals surface area contributed by atoms with E-state index in [1.165, 1.54) is 111 Å². The van der Waals surface area contributed by atoms with Gasteiger partial charge < -0.3 is 0 Å². The van der Waals surface area contributed by atoms with Gasteiger partial charge in [-0.3, -0.25) is 4.68 Å². The van der Waals surface area contributed by atoms with Crippen LogP contribution in [0.15, 0.2) is 127 Å². The molecular formula is C53H48N4. The zero-order chi connectivity index (χ0) is 39.1. The van der Waals surface area contributed by atoms with Crippen molar-refractivity contribution in [1.82, 2.24) is 14.0 Å². The van der Waals surface area contributed by atoms with E-state index in [2.05, 4.69) is 166 Å². The van der Waals surface area contributed by atoms with Crippen molar-refractivity contribution in [2.75, 3.05) is 0 Å². The number of rotatable bonds is 6. The molecule has 0 N–H and O–H groups in total. The van der Waals surface area contributed by atoms with Gasteiger partial charge in [-0.25, -0.2) is 9.35 Å². The first-order valence-corrected chi connectivity index (χ1v) is 20.3. The Morgan fingerprint density at radius 2 is 1.26 bits per heavy atom. The van der Waals surface area contributed by atoms with Crippen molar-refractivity contribution in [3.63, 3.8) is 0 Å². The van der Waals surface area contributed by atoms with Crippen LogP contribution in [-0.4, -0.2) is 20.2 Å². The van der Waals surface area contributed by atoms with Gasteiger partial charge in [0.2, 0.25) is 0 Å². The van der Waals surface area contributed by atoms with E-state index in [0.717, 1.165) is 36.8 Å². The minimum absolute atomic E-state index is 0.937. The highest BCUT2D eigenvalue weighted by atomic mass is 15.4. The normalized spacial score (nSPS) is 14.1. The van der Waals surface area contributed by atoms with Crippen LogP contribution in [0.4, 0.5) is 0 Å². The lowest BCUT2D eigenvalue weighted by molar-refractivity contribution is 0.717. The molecule has 0 spiro atoms. The zero-order valence-corrected chi connectivity index (χ0v) is 33.9. The van der Waals surface area contributed by atoms with Gasteiger partial charge in [0.05, 0.1) is 22.2 Å². The topological polar surface area (TPSA) is 27.1 Å². The molecule has 280 valence electrons. The molecule has 3 heterocycles. The molecule has 0 saturated heterocycles. The number of aryl methyl sites for hydroxylation is 7. The number of hydrogen-bond acceptors (Lipinski definition) is 1. The minimum Gasteiger partial charge on any atom is -0.263 e. The molecule has 2 aliphatic carbocycles. The van der Waals surface area contributed by atoms with Gasteiger partial charge in [-0.05, 0) is 172 Å². The molecule has 4 nitrogen and oxygen atoms in total. The smallest absolute Gasteiger partial charge is 0.0734 e. The third-order valence-corrected chi connectivity index (χ3v) is 12.2. The summed E-state index contributed by atoms with van der Waals surface area (Å²) in [5.41, 5.74) is 24.4. The van der Waals surface area contributed by atoms with Crippen LogP contribution in [0.1, 0.15) is 69.1 Å². The third-order valence-electron chi connectivity index (χ3n) is 12.2. The maximum absolute atomic E-state index is 5.14. The van der Waals surface area contributed by atoms with Crippen molar-refractivity contribution in [3.05, 3.63) is 177 Å². The number of allylic oxidation sites excluding steroid dienone is 4. The van der Waals surface area contributed by atoms with Crippen LogP contribution in [0.3, 0.4) is 0 Å². The molecule has 0 radical (unpaired) electrons. The van der Waals surface area contributed by atoms with Crippen molar-refractivity contribution in [3.8, 4) is 22.3 Å². The van der Waals surface area contributed by atoms with Crippen LogP contribution in [0.5, 0.6) is 0 Å². The first-order chi connectivity index (χ1) is 27.6. The predicted octanol–water partition coefficient (Wildman–Crippen LogP) is 13.3. The minimum atomic E-state index is 0.937. The summed E-state index contributed by atoms with van der Waals surface area (Å²) in [4.78, 5) is 0. The average molecular weight is 741 g/mol. The highest BCUT2D eigenvalue weighted by Crippen LogP contribution is 2.45. The van der Waals surface area contributed by atoms with Gasteiger partial charge in [0.25, 0.3) is 0 Å². The van der Waals surface area contributed by atoms with Crippen molar-refractivity contribution in [2.24, 2.45) is 5.10 Å². The molecule has 0 bridgehead atoms. The quantitative estimate of drug-likeness (QED) is 0.120. The van der Waals surface area contributed by atoms with Gasteiger partial charge in [-0.1, -0.05) is 82.9 Å². The second kappa shape index (κ2) is 13.4. The predicted molar refractivity (Wildman–Crippen MR) is 243 cm³/mol. The van der Waals surface area contributed by atoms with E-state index in [1.54, 1.807) is 0 Å². The van der Waals surface area contributed by atoms with E-state index in [9.17, 15) is 0 Å². The first-order valence-electron chi connectivity index (χ1n) is 20.3. The van der Waals surface area contributed by atoms with Crippen LogP contribution in [0.25, 0.3) is 66.6 Å². The van der Waals surface area contributed by atoms with Crippen LogP contribution >= 0.6 is 0 Å².